The largest absolute Gasteiger partial charge is 0.494 e. The number of amides is 2. The first-order chi connectivity index (χ1) is 12.4. The van der Waals surface area contributed by atoms with Gasteiger partial charge >= 0.3 is 0 Å². The molecule has 1 N–H and O–H groups in total. The molecule has 0 saturated heterocycles. The molecule has 2 aromatic rings. The third-order valence-electron chi connectivity index (χ3n) is 4.00. The van der Waals surface area contributed by atoms with Crippen LogP contribution in [0.25, 0.3) is 0 Å². The lowest BCUT2D eigenvalue weighted by atomic mass is 10.0. The zero-order chi connectivity index (χ0) is 19.1. The number of hydrogen-bond acceptors (Lipinski definition) is 4. The van der Waals surface area contributed by atoms with Crippen molar-refractivity contribution in [3.63, 3.8) is 0 Å². The van der Waals surface area contributed by atoms with Crippen molar-refractivity contribution < 1.29 is 14.3 Å². The Bertz CT molecular complexity index is 711. The summed E-state index contributed by atoms with van der Waals surface area (Å²) in [5.41, 5.74) is 0.507. The second kappa shape index (κ2) is 9.38. The van der Waals surface area contributed by atoms with Crippen molar-refractivity contribution >= 4 is 23.2 Å². The van der Waals surface area contributed by atoms with Gasteiger partial charge in [0.25, 0.3) is 5.91 Å². The predicted molar refractivity (Wildman–Crippen MR) is 104 cm³/mol. The molecule has 0 aliphatic carbocycles. The number of carbonyl (C=O) groups is 2. The van der Waals surface area contributed by atoms with Crippen molar-refractivity contribution in [1.29, 1.82) is 0 Å². The minimum atomic E-state index is -0.570. The van der Waals surface area contributed by atoms with Crippen molar-refractivity contribution in [2.24, 2.45) is 5.92 Å². The van der Waals surface area contributed by atoms with Gasteiger partial charge in [0.2, 0.25) is 5.91 Å². The number of rotatable bonds is 8. The summed E-state index contributed by atoms with van der Waals surface area (Å²) in [6.45, 7) is 6.89. The molecule has 0 aliphatic heterocycles. The average Bonchev–Trinajstić information content (AvgIpc) is 3.12. The number of hydrogen-bond donors (Lipinski definition) is 1. The Kier molecular flexibility index (Phi) is 7.21. The van der Waals surface area contributed by atoms with E-state index in [1.54, 1.807) is 47.5 Å². The Morgan fingerprint density at radius 2 is 1.88 bits per heavy atom. The number of carbonyl (C=O) groups excluding carboxylic acids is 2. The third-order valence-corrected chi connectivity index (χ3v) is 4.86. The van der Waals surface area contributed by atoms with Gasteiger partial charge in [-0.25, -0.2) is 0 Å². The van der Waals surface area contributed by atoms with E-state index in [9.17, 15) is 9.59 Å². The van der Waals surface area contributed by atoms with Crippen molar-refractivity contribution in [3.05, 3.63) is 52.2 Å². The Labute approximate surface area is 159 Å². The van der Waals surface area contributed by atoms with E-state index in [-0.39, 0.29) is 17.7 Å². The zero-order valence-corrected chi connectivity index (χ0v) is 16.5. The van der Waals surface area contributed by atoms with Crippen LogP contribution in [0.2, 0.25) is 0 Å². The fourth-order valence-electron chi connectivity index (χ4n) is 2.56. The van der Waals surface area contributed by atoms with E-state index in [1.165, 1.54) is 0 Å². The van der Waals surface area contributed by atoms with Crippen molar-refractivity contribution in [1.82, 2.24) is 10.2 Å². The SMILES string of the molecule is CCOc1ccc(C(=O)NC(C(=O)N(C)Cc2cccs2)C(C)C)cc1. The lowest BCUT2D eigenvalue weighted by molar-refractivity contribution is -0.133. The Morgan fingerprint density at radius 3 is 2.42 bits per heavy atom. The van der Waals surface area contributed by atoms with E-state index in [2.05, 4.69) is 5.32 Å². The van der Waals surface area contributed by atoms with Gasteiger partial charge in [0.05, 0.1) is 13.2 Å². The summed E-state index contributed by atoms with van der Waals surface area (Å²) in [7, 11) is 1.76. The van der Waals surface area contributed by atoms with Gasteiger partial charge in [0.1, 0.15) is 11.8 Å². The molecule has 0 spiro atoms. The normalized spacial score (nSPS) is 11.9. The molecule has 5 nitrogen and oxygen atoms in total. The van der Waals surface area contributed by atoms with Crippen LogP contribution in [-0.4, -0.2) is 36.4 Å². The van der Waals surface area contributed by atoms with Crippen LogP contribution in [0.4, 0.5) is 0 Å². The molecule has 0 fully saturated rings. The molecule has 26 heavy (non-hydrogen) atoms. The first kappa shape index (κ1) is 20.0. The summed E-state index contributed by atoms with van der Waals surface area (Å²) in [4.78, 5) is 28.1. The maximum Gasteiger partial charge on any atom is 0.251 e. The fraction of sp³-hybridized carbons (Fsp3) is 0.400. The number of nitrogens with one attached hydrogen (secondary N) is 1. The summed E-state index contributed by atoms with van der Waals surface area (Å²) in [6.07, 6.45) is 0. The van der Waals surface area contributed by atoms with E-state index in [0.717, 1.165) is 10.6 Å². The van der Waals surface area contributed by atoms with Gasteiger partial charge in [-0.15, -0.1) is 11.3 Å². The quantitative estimate of drug-likeness (QED) is 0.769. The van der Waals surface area contributed by atoms with Crippen LogP contribution in [-0.2, 0) is 11.3 Å². The summed E-state index contributed by atoms with van der Waals surface area (Å²) in [5, 5.41) is 4.86. The molecule has 2 amide bonds. The molecular formula is C20H26N2O3S. The van der Waals surface area contributed by atoms with Gasteiger partial charge in [-0.3, -0.25) is 9.59 Å². The standard InChI is InChI=1S/C20H26N2O3S/c1-5-25-16-10-8-15(9-11-16)19(23)21-18(14(2)3)20(24)22(4)13-17-7-6-12-26-17/h6-12,14,18H,5,13H2,1-4H3,(H,21,23). The molecule has 1 unspecified atom stereocenters. The van der Waals surface area contributed by atoms with Crippen LogP contribution >= 0.6 is 11.3 Å². The number of nitrogens with zero attached hydrogens (tertiary/aromatic N) is 1. The highest BCUT2D eigenvalue weighted by atomic mass is 32.1. The summed E-state index contributed by atoms with van der Waals surface area (Å²) in [6, 6.07) is 10.3. The van der Waals surface area contributed by atoms with Crippen LogP contribution in [0.5, 0.6) is 5.75 Å². The van der Waals surface area contributed by atoms with Crippen LogP contribution in [0.15, 0.2) is 41.8 Å². The average molecular weight is 375 g/mol. The summed E-state index contributed by atoms with van der Waals surface area (Å²) in [5.74, 6) is 0.355. The number of benzene rings is 1. The van der Waals surface area contributed by atoms with E-state index < -0.39 is 6.04 Å². The number of ether oxygens (including phenoxy) is 1. The van der Waals surface area contributed by atoms with Gasteiger partial charge in [0.15, 0.2) is 0 Å². The highest BCUT2D eigenvalue weighted by Gasteiger charge is 2.27. The smallest absolute Gasteiger partial charge is 0.251 e. The maximum absolute atomic E-state index is 12.8. The second-order valence-corrected chi connectivity index (χ2v) is 7.46. The third kappa shape index (κ3) is 5.33. The molecule has 0 bridgehead atoms. The first-order valence-electron chi connectivity index (χ1n) is 8.73. The van der Waals surface area contributed by atoms with Crippen molar-refractivity contribution in [2.75, 3.05) is 13.7 Å². The lowest BCUT2D eigenvalue weighted by Crippen LogP contribution is -2.49. The number of likely N-dealkylation sites (N-methyl/N-ethyl adjacent to an activating group) is 1. The van der Waals surface area contributed by atoms with E-state index in [1.807, 2.05) is 38.3 Å². The number of thiophene rings is 1. The molecule has 1 aromatic heterocycles. The molecule has 140 valence electrons. The maximum atomic E-state index is 12.8. The molecule has 1 aromatic carbocycles. The highest BCUT2D eigenvalue weighted by Crippen LogP contribution is 2.15. The van der Waals surface area contributed by atoms with E-state index in [4.69, 9.17) is 4.74 Å². The Balaban J connectivity index is 2.04. The topological polar surface area (TPSA) is 58.6 Å². The predicted octanol–water partition coefficient (Wildman–Crippen LogP) is 3.56. The minimum Gasteiger partial charge on any atom is -0.494 e. The molecule has 6 heteroatoms. The van der Waals surface area contributed by atoms with Gasteiger partial charge in [-0.1, -0.05) is 19.9 Å². The van der Waals surface area contributed by atoms with E-state index >= 15 is 0 Å². The summed E-state index contributed by atoms with van der Waals surface area (Å²) < 4.78 is 5.39. The van der Waals surface area contributed by atoms with Crippen molar-refractivity contribution in [3.8, 4) is 5.75 Å². The molecule has 2 rings (SSSR count). The molecular weight excluding hydrogens is 348 g/mol. The highest BCUT2D eigenvalue weighted by molar-refractivity contribution is 7.09. The fourth-order valence-corrected chi connectivity index (χ4v) is 3.32. The molecule has 0 saturated carbocycles. The van der Waals surface area contributed by atoms with Gasteiger partial charge in [-0.2, -0.15) is 0 Å². The van der Waals surface area contributed by atoms with E-state index in [0.29, 0.717) is 18.7 Å². The van der Waals surface area contributed by atoms with Crippen molar-refractivity contribution in [2.45, 2.75) is 33.4 Å². The van der Waals surface area contributed by atoms with Gasteiger partial charge in [-0.05, 0) is 48.6 Å². The van der Waals surface area contributed by atoms with Gasteiger partial charge < -0.3 is 15.0 Å². The van der Waals surface area contributed by atoms with Crippen LogP contribution in [0, 0.1) is 5.92 Å². The zero-order valence-electron chi connectivity index (χ0n) is 15.7. The molecule has 1 heterocycles. The van der Waals surface area contributed by atoms with Gasteiger partial charge in [0, 0.05) is 17.5 Å². The van der Waals surface area contributed by atoms with Crippen LogP contribution < -0.4 is 10.1 Å². The molecule has 0 aliphatic rings. The Morgan fingerprint density at radius 1 is 1.19 bits per heavy atom. The molecule has 1 atom stereocenters. The van der Waals surface area contributed by atoms with Crippen LogP contribution in [0.1, 0.15) is 36.0 Å². The minimum absolute atomic E-state index is 0.0140. The Hall–Kier alpha value is -2.34. The molecule has 0 radical (unpaired) electrons. The van der Waals surface area contributed by atoms with Crippen LogP contribution in [0.3, 0.4) is 0 Å². The monoisotopic (exact) mass is 374 g/mol. The lowest BCUT2D eigenvalue weighted by Gasteiger charge is -2.27. The summed E-state index contributed by atoms with van der Waals surface area (Å²) >= 11 is 1.61. The first-order valence-corrected chi connectivity index (χ1v) is 9.61. The second-order valence-electron chi connectivity index (χ2n) is 6.43.